The summed E-state index contributed by atoms with van der Waals surface area (Å²) < 4.78 is 24.0. The molecule has 0 bridgehead atoms. The molecule has 0 radical (unpaired) electrons. The lowest BCUT2D eigenvalue weighted by molar-refractivity contribution is 0.0693. The zero-order valence-electron chi connectivity index (χ0n) is 13.2. The smallest absolute Gasteiger partial charge is 0.341 e. The highest BCUT2D eigenvalue weighted by Gasteiger charge is 2.16. The Hall–Kier alpha value is -3.92. The molecule has 0 saturated carbocycles. The van der Waals surface area contributed by atoms with Gasteiger partial charge in [-0.25, -0.2) is 9.18 Å². The molecule has 1 aromatic heterocycles. The monoisotopic (exact) mass is 350 g/mol. The average Bonchev–Trinajstić information content (AvgIpc) is 2.64. The Balaban J connectivity index is 1.88. The molecule has 0 spiro atoms. The van der Waals surface area contributed by atoms with Gasteiger partial charge in [0.05, 0.1) is 11.6 Å². The van der Waals surface area contributed by atoms with E-state index in [9.17, 15) is 14.3 Å². The molecular weight excluding hydrogens is 339 g/mol. The summed E-state index contributed by atoms with van der Waals surface area (Å²) in [5.74, 6) is -1.09. The highest BCUT2D eigenvalue weighted by molar-refractivity contribution is 5.90. The van der Waals surface area contributed by atoms with Crippen molar-refractivity contribution in [3.05, 3.63) is 77.6 Å². The van der Waals surface area contributed by atoms with E-state index in [1.165, 1.54) is 36.4 Å². The lowest BCUT2D eigenvalue weighted by atomic mass is 10.2. The Kier molecular flexibility index (Phi) is 4.76. The molecule has 0 aliphatic rings. The second-order valence-electron chi connectivity index (χ2n) is 5.10. The molecule has 1 N–H and O–H groups in total. The fraction of sp³-hybridized carbons (Fsp3) is 0. The number of nitriles is 1. The predicted octanol–water partition coefficient (Wildman–Crippen LogP) is 4.38. The summed E-state index contributed by atoms with van der Waals surface area (Å²) in [6, 6.07) is 16.1. The Labute approximate surface area is 147 Å². The van der Waals surface area contributed by atoms with E-state index in [0.717, 1.165) is 0 Å². The number of pyridine rings is 1. The van der Waals surface area contributed by atoms with Gasteiger partial charge in [-0.05, 0) is 54.6 Å². The fourth-order valence-electron chi connectivity index (χ4n) is 2.05. The van der Waals surface area contributed by atoms with Crippen molar-refractivity contribution in [1.29, 1.82) is 5.26 Å². The summed E-state index contributed by atoms with van der Waals surface area (Å²) in [7, 11) is 0. The van der Waals surface area contributed by atoms with Gasteiger partial charge in [-0.15, -0.1) is 0 Å². The fourth-order valence-corrected chi connectivity index (χ4v) is 2.05. The van der Waals surface area contributed by atoms with Crippen molar-refractivity contribution in [2.24, 2.45) is 0 Å². The van der Waals surface area contributed by atoms with Crippen LogP contribution in [0.5, 0.6) is 23.3 Å². The number of nitrogens with zero attached hydrogens (tertiary/aromatic N) is 2. The van der Waals surface area contributed by atoms with Crippen molar-refractivity contribution in [1.82, 2.24) is 4.98 Å². The number of hydrogen-bond donors (Lipinski definition) is 1. The van der Waals surface area contributed by atoms with Crippen LogP contribution in [0.3, 0.4) is 0 Å². The number of carboxylic acids is 1. The Bertz CT molecular complexity index is 980. The number of benzene rings is 2. The SMILES string of the molecule is N#Cc1ccc(Oc2ccc(C(=O)O)c(Oc3ccc(F)cc3)n2)cc1. The van der Waals surface area contributed by atoms with Crippen molar-refractivity contribution in [3.63, 3.8) is 0 Å². The number of aromatic carboxylic acids is 1. The molecule has 3 rings (SSSR count). The van der Waals surface area contributed by atoms with Gasteiger partial charge in [0.25, 0.3) is 0 Å². The number of hydrogen-bond acceptors (Lipinski definition) is 5. The molecule has 2 aromatic carbocycles. The van der Waals surface area contributed by atoms with Crippen LogP contribution < -0.4 is 9.47 Å². The van der Waals surface area contributed by atoms with Crippen molar-refractivity contribution >= 4 is 5.97 Å². The average molecular weight is 350 g/mol. The number of aromatic nitrogens is 1. The topological polar surface area (TPSA) is 92.4 Å². The third-order valence-corrected chi connectivity index (χ3v) is 3.30. The maximum Gasteiger partial charge on any atom is 0.341 e. The molecule has 0 atom stereocenters. The molecule has 0 fully saturated rings. The molecule has 0 unspecified atom stereocenters. The molecule has 6 nitrogen and oxygen atoms in total. The van der Waals surface area contributed by atoms with E-state index in [4.69, 9.17) is 14.7 Å². The largest absolute Gasteiger partial charge is 0.477 e. The minimum absolute atomic E-state index is 0.108. The van der Waals surface area contributed by atoms with Gasteiger partial charge in [0.1, 0.15) is 22.9 Å². The molecule has 3 aromatic rings. The Morgan fingerprint density at radius 1 is 0.962 bits per heavy atom. The Morgan fingerprint density at radius 2 is 1.58 bits per heavy atom. The van der Waals surface area contributed by atoms with Gasteiger partial charge in [0, 0.05) is 6.07 Å². The van der Waals surface area contributed by atoms with Crippen LogP contribution >= 0.6 is 0 Å². The summed E-state index contributed by atoms with van der Waals surface area (Å²) in [6.45, 7) is 0. The van der Waals surface area contributed by atoms with E-state index in [-0.39, 0.29) is 23.1 Å². The van der Waals surface area contributed by atoms with Crippen molar-refractivity contribution in [2.75, 3.05) is 0 Å². The summed E-state index contributed by atoms with van der Waals surface area (Å²) in [5.41, 5.74) is 0.313. The van der Waals surface area contributed by atoms with Gasteiger partial charge in [-0.3, -0.25) is 0 Å². The van der Waals surface area contributed by atoms with Gasteiger partial charge in [0.2, 0.25) is 11.8 Å². The molecule has 1 heterocycles. The molecule has 0 aliphatic carbocycles. The standard InChI is InChI=1S/C19H11FN2O4/c20-13-3-7-15(8-4-13)26-18-16(19(23)24)9-10-17(22-18)25-14-5-1-12(11-21)2-6-14/h1-10H,(H,23,24). The van der Waals surface area contributed by atoms with E-state index in [1.807, 2.05) is 6.07 Å². The first-order valence-corrected chi connectivity index (χ1v) is 7.41. The quantitative estimate of drug-likeness (QED) is 0.734. The van der Waals surface area contributed by atoms with E-state index in [1.54, 1.807) is 24.3 Å². The highest BCUT2D eigenvalue weighted by Crippen LogP contribution is 2.28. The zero-order valence-corrected chi connectivity index (χ0v) is 13.2. The van der Waals surface area contributed by atoms with Crippen LogP contribution in [0, 0.1) is 17.1 Å². The van der Waals surface area contributed by atoms with Gasteiger partial charge in [-0.2, -0.15) is 10.2 Å². The van der Waals surface area contributed by atoms with Gasteiger partial charge in [-0.1, -0.05) is 0 Å². The van der Waals surface area contributed by atoms with Crippen LogP contribution in [0.15, 0.2) is 60.7 Å². The number of rotatable bonds is 5. The van der Waals surface area contributed by atoms with E-state index in [0.29, 0.717) is 11.3 Å². The number of carbonyl (C=O) groups is 1. The summed E-state index contributed by atoms with van der Waals surface area (Å²) in [6.07, 6.45) is 0. The minimum atomic E-state index is -1.22. The van der Waals surface area contributed by atoms with Gasteiger partial charge >= 0.3 is 5.97 Å². The third kappa shape index (κ3) is 3.94. The second kappa shape index (κ2) is 7.32. The van der Waals surface area contributed by atoms with Gasteiger partial charge in [0.15, 0.2) is 0 Å². The first-order valence-electron chi connectivity index (χ1n) is 7.41. The lowest BCUT2D eigenvalue weighted by Crippen LogP contribution is -2.03. The molecule has 0 saturated heterocycles. The normalized spacial score (nSPS) is 10.0. The van der Waals surface area contributed by atoms with E-state index < -0.39 is 11.8 Å². The van der Waals surface area contributed by atoms with Gasteiger partial charge < -0.3 is 14.6 Å². The number of ether oxygens (including phenoxy) is 2. The molecular formula is C19H11FN2O4. The lowest BCUT2D eigenvalue weighted by Gasteiger charge is -2.10. The molecule has 0 aliphatic heterocycles. The number of carboxylic acid groups (broad SMARTS) is 1. The molecule has 26 heavy (non-hydrogen) atoms. The first-order chi connectivity index (χ1) is 12.5. The summed E-state index contributed by atoms with van der Waals surface area (Å²) >= 11 is 0. The second-order valence-corrected chi connectivity index (χ2v) is 5.10. The highest BCUT2D eigenvalue weighted by atomic mass is 19.1. The van der Waals surface area contributed by atoms with Crippen molar-refractivity contribution < 1.29 is 23.8 Å². The summed E-state index contributed by atoms with van der Waals surface area (Å²) in [4.78, 5) is 15.4. The Morgan fingerprint density at radius 3 is 2.19 bits per heavy atom. The number of halogens is 1. The van der Waals surface area contributed by atoms with Crippen LogP contribution in [0.2, 0.25) is 0 Å². The first kappa shape index (κ1) is 16.9. The zero-order chi connectivity index (χ0) is 18.5. The van der Waals surface area contributed by atoms with Crippen molar-refractivity contribution in [2.45, 2.75) is 0 Å². The minimum Gasteiger partial charge on any atom is -0.477 e. The van der Waals surface area contributed by atoms with Crippen LogP contribution in [-0.2, 0) is 0 Å². The van der Waals surface area contributed by atoms with E-state index in [2.05, 4.69) is 4.98 Å². The van der Waals surface area contributed by atoms with Crippen LogP contribution in [-0.4, -0.2) is 16.1 Å². The van der Waals surface area contributed by atoms with E-state index >= 15 is 0 Å². The maximum absolute atomic E-state index is 13.0. The van der Waals surface area contributed by atoms with Crippen LogP contribution in [0.25, 0.3) is 0 Å². The molecule has 0 amide bonds. The van der Waals surface area contributed by atoms with Crippen molar-refractivity contribution in [3.8, 4) is 29.3 Å². The van der Waals surface area contributed by atoms with Crippen LogP contribution in [0.1, 0.15) is 15.9 Å². The maximum atomic E-state index is 13.0. The summed E-state index contributed by atoms with van der Waals surface area (Å²) in [5, 5.41) is 18.1. The molecule has 128 valence electrons. The predicted molar refractivity (Wildman–Crippen MR) is 88.9 cm³/mol. The van der Waals surface area contributed by atoms with Crippen LogP contribution in [0.4, 0.5) is 4.39 Å². The third-order valence-electron chi connectivity index (χ3n) is 3.30. The molecule has 7 heteroatoms.